The van der Waals surface area contributed by atoms with E-state index in [0.717, 1.165) is 11.3 Å². The highest BCUT2D eigenvalue weighted by Gasteiger charge is 2.33. The Labute approximate surface area is 132 Å². The number of thiophene rings is 1. The molecule has 0 aliphatic carbocycles. The third-order valence-electron chi connectivity index (χ3n) is 3.76. The second-order valence-electron chi connectivity index (χ2n) is 5.40. The van der Waals surface area contributed by atoms with Gasteiger partial charge in [0.15, 0.2) is 0 Å². The molecule has 1 aliphatic rings. The van der Waals surface area contributed by atoms with Crippen molar-refractivity contribution in [1.82, 2.24) is 15.1 Å². The predicted molar refractivity (Wildman–Crippen MR) is 84.7 cm³/mol. The minimum absolute atomic E-state index is 0.0584. The third-order valence-corrected chi connectivity index (χ3v) is 4.50. The number of nitrogens with zero attached hydrogens (tertiary/aromatic N) is 3. The van der Waals surface area contributed by atoms with E-state index in [2.05, 4.69) is 10.4 Å². The van der Waals surface area contributed by atoms with Crippen LogP contribution in [-0.4, -0.2) is 34.2 Å². The molecule has 0 unspecified atom stereocenters. The van der Waals surface area contributed by atoms with Gasteiger partial charge in [0.2, 0.25) is 11.8 Å². The number of carbonyl (C=O) groups excluding carboxylic acids is 2. The molecule has 0 aromatic carbocycles. The first-order valence-corrected chi connectivity index (χ1v) is 8.18. The average Bonchev–Trinajstić information content (AvgIpc) is 3.20. The Balaban J connectivity index is 1.53. The summed E-state index contributed by atoms with van der Waals surface area (Å²) < 4.78 is 1.66. The zero-order valence-corrected chi connectivity index (χ0v) is 13.2. The van der Waals surface area contributed by atoms with Crippen molar-refractivity contribution in [3.63, 3.8) is 0 Å². The van der Waals surface area contributed by atoms with Crippen LogP contribution < -0.4 is 10.2 Å². The van der Waals surface area contributed by atoms with Gasteiger partial charge in [0.1, 0.15) is 6.04 Å². The van der Waals surface area contributed by atoms with Crippen molar-refractivity contribution in [2.75, 3.05) is 11.4 Å². The number of carbonyl (C=O) groups is 2. The first-order valence-electron chi connectivity index (χ1n) is 7.24. The van der Waals surface area contributed by atoms with Gasteiger partial charge in [0.05, 0.1) is 11.9 Å². The number of aromatic nitrogens is 2. The minimum Gasteiger partial charge on any atom is -0.344 e. The Kier molecular flexibility index (Phi) is 4.24. The number of hydrogen-bond acceptors (Lipinski definition) is 4. The lowest BCUT2D eigenvalue weighted by Gasteiger charge is -2.15. The van der Waals surface area contributed by atoms with Gasteiger partial charge in [-0.25, -0.2) is 0 Å². The Morgan fingerprint density at radius 1 is 1.55 bits per heavy atom. The molecular weight excluding hydrogens is 300 g/mol. The minimum atomic E-state index is -0.421. The Hall–Kier alpha value is -2.15. The summed E-state index contributed by atoms with van der Waals surface area (Å²) in [5.74, 6) is -0.130. The smallest absolute Gasteiger partial charge is 0.249 e. The van der Waals surface area contributed by atoms with E-state index in [4.69, 9.17) is 0 Å². The Bertz CT molecular complexity index is 665. The molecule has 3 heterocycles. The molecule has 1 fully saturated rings. The monoisotopic (exact) mass is 318 g/mol. The third kappa shape index (κ3) is 3.19. The fourth-order valence-electron chi connectivity index (χ4n) is 2.58. The van der Waals surface area contributed by atoms with E-state index < -0.39 is 6.04 Å². The number of anilines is 1. The maximum atomic E-state index is 12.4. The van der Waals surface area contributed by atoms with Gasteiger partial charge in [-0.15, -0.1) is 0 Å². The highest BCUT2D eigenvalue weighted by molar-refractivity contribution is 7.07. The summed E-state index contributed by atoms with van der Waals surface area (Å²) in [6.45, 7) is 0.611. The molecule has 0 saturated carbocycles. The SMILES string of the molecule is Cn1cc(N2CC[C@H](NC(=O)CCc3ccsc3)C2=O)cn1. The number of rotatable bonds is 5. The molecule has 3 rings (SSSR count). The molecule has 1 saturated heterocycles. The van der Waals surface area contributed by atoms with Gasteiger partial charge in [0.25, 0.3) is 0 Å². The number of amides is 2. The largest absolute Gasteiger partial charge is 0.344 e. The molecule has 7 heteroatoms. The zero-order chi connectivity index (χ0) is 15.5. The lowest BCUT2D eigenvalue weighted by Crippen LogP contribution is -2.41. The summed E-state index contributed by atoms with van der Waals surface area (Å²) in [5.41, 5.74) is 1.94. The Morgan fingerprint density at radius 3 is 3.09 bits per heavy atom. The molecule has 2 aromatic rings. The highest BCUT2D eigenvalue weighted by atomic mass is 32.1. The van der Waals surface area contributed by atoms with Gasteiger partial charge in [-0.05, 0) is 35.2 Å². The van der Waals surface area contributed by atoms with E-state index >= 15 is 0 Å². The van der Waals surface area contributed by atoms with Crippen molar-refractivity contribution in [3.8, 4) is 0 Å². The number of hydrogen-bond donors (Lipinski definition) is 1. The van der Waals surface area contributed by atoms with E-state index in [1.54, 1.807) is 33.3 Å². The highest BCUT2D eigenvalue weighted by Crippen LogP contribution is 2.20. The van der Waals surface area contributed by atoms with Crippen molar-refractivity contribution < 1.29 is 9.59 Å². The van der Waals surface area contributed by atoms with Crippen LogP contribution in [-0.2, 0) is 23.1 Å². The standard InChI is InChI=1S/C15H18N4O2S/c1-18-9-12(8-16-18)19-6-4-13(15(19)21)17-14(20)3-2-11-5-7-22-10-11/h5,7-10,13H,2-4,6H2,1H3,(H,17,20)/t13-/m0/s1. The molecule has 1 atom stereocenters. The van der Waals surface area contributed by atoms with Crippen LogP contribution in [0.2, 0.25) is 0 Å². The maximum Gasteiger partial charge on any atom is 0.249 e. The van der Waals surface area contributed by atoms with Gasteiger partial charge in [0, 0.05) is 26.2 Å². The fraction of sp³-hybridized carbons (Fsp3) is 0.400. The number of aryl methyl sites for hydroxylation is 2. The maximum absolute atomic E-state index is 12.4. The summed E-state index contributed by atoms with van der Waals surface area (Å²) in [6.07, 6.45) is 5.23. The van der Waals surface area contributed by atoms with Crippen molar-refractivity contribution in [2.45, 2.75) is 25.3 Å². The Morgan fingerprint density at radius 2 is 2.41 bits per heavy atom. The van der Waals surface area contributed by atoms with Crippen molar-refractivity contribution in [3.05, 3.63) is 34.8 Å². The molecular formula is C15H18N4O2S. The van der Waals surface area contributed by atoms with Gasteiger partial charge >= 0.3 is 0 Å². The van der Waals surface area contributed by atoms with E-state index in [0.29, 0.717) is 25.8 Å². The second kappa shape index (κ2) is 6.31. The van der Waals surface area contributed by atoms with Crippen LogP contribution in [0, 0.1) is 0 Å². The summed E-state index contributed by atoms with van der Waals surface area (Å²) in [4.78, 5) is 26.0. The molecule has 116 valence electrons. The zero-order valence-electron chi connectivity index (χ0n) is 12.4. The lowest BCUT2D eigenvalue weighted by atomic mass is 10.1. The van der Waals surface area contributed by atoms with Crippen LogP contribution >= 0.6 is 11.3 Å². The van der Waals surface area contributed by atoms with Crippen molar-refractivity contribution in [2.24, 2.45) is 7.05 Å². The normalized spacial score (nSPS) is 18.0. The molecule has 6 nitrogen and oxygen atoms in total. The van der Waals surface area contributed by atoms with Crippen molar-refractivity contribution >= 4 is 28.8 Å². The molecule has 1 N–H and O–H groups in total. The molecule has 0 bridgehead atoms. The van der Waals surface area contributed by atoms with Crippen LogP contribution in [0.25, 0.3) is 0 Å². The van der Waals surface area contributed by atoms with E-state index in [-0.39, 0.29) is 11.8 Å². The van der Waals surface area contributed by atoms with E-state index in [1.807, 2.05) is 23.9 Å². The van der Waals surface area contributed by atoms with Gasteiger partial charge < -0.3 is 10.2 Å². The van der Waals surface area contributed by atoms with Crippen LogP contribution in [0.1, 0.15) is 18.4 Å². The molecule has 22 heavy (non-hydrogen) atoms. The van der Waals surface area contributed by atoms with Gasteiger partial charge in [-0.1, -0.05) is 0 Å². The lowest BCUT2D eigenvalue weighted by molar-refractivity contribution is -0.126. The summed E-state index contributed by atoms with van der Waals surface area (Å²) in [5, 5.41) is 11.0. The first-order chi connectivity index (χ1) is 10.6. The molecule has 0 spiro atoms. The fourth-order valence-corrected chi connectivity index (χ4v) is 3.28. The van der Waals surface area contributed by atoms with Gasteiger partial charge in [-0.3, -0.25) is 14.3 Å². The van der Waals surface area contributed by atoms with Crippen LogP contribution in [0.4, 0.5) is 5.69 Å². The van der Waals surface area contributed by atoms with Crippen LogP contribution in [0.3, 0.4) is 0 Å². The molecule has 2 amide bonds. The molecule has 0 radical (unpaired) electrons. The number of nitrogens with one attached hydrogen (secondary N) is 1. The second-order valence-corrected chi connectivity index (χ2v) is 6.18. The van der Waals surface area contributed by atoms with Crippen LogP contribution in [0.15, 0.2) is 29.2 Å². The van der Waals surface area contributed by atoms with Crippen LogP contribution in [0.5, 0.6) is 0 Å². The van der Waals surface area contributed by atoms with Gasteiger partial charge in [-0.2, -0.15) is 16.4 Å². The topological polar surface area (TPSA) is 67.2 Å². The predicted octanol–water partition coefficient (Wildman–Crippen LogP) is 1.34. The summed E-state index contributed by atoms with van der Waals surface area (Å²) >= 11 is 1.62. The quantitative estimate of drug-likeness (QED) is 0.904. The molecule has 2 aromatic heterocycles. The van der Waals surface area contributed by atoms with E-state index in [1.165, 1.54) is 0 Å². The summed E-state index contributed by atoms with van der Waals surface area (Å²) in [7, 11) is 1.81. The van der Waals surface area contributed by atoms with Crippen molar-refractivity contribution in [1.29, 1.82) is 0 Å². The van der Waals surface area contributed by atoms with E-state index in [9.17, 15) is 9.59 Å². The summed E-state index contributed by atoms with van der Waals surface area (Å²) in [6, 6.07) is 1.60. The average molecular weight is 318 g/mol. The molecule has 1 aliphatic heterocycles. The first kappa shape index (κ1) is 14.8.